The van der Waals surface area contributed by atoms with Crippen molar-refractivity contribution in [3.05, 3.63) is 35.4 Å². The van der Waals surface area contributed by atoms with Gasteiger partial charge in [0.1, 0.15) is 6.61 Å². The van der Waals surface area contributed by atoms with Crippen LogP contribution in [0.1, 0.15) is 24.0 Å². The average molecular weight is 275 g/mol. The van der Waals surface area contributed by atoms with Crippen LogP contribution >= 0.6 is 0 Å². The van der Waals surface area contributed by atoms with E-state index in [0.29, 0.717) is 12.8 Å². The molecular formula is C14H20F3NO. The zero-order chi connectivity index (χ0) is 14.3. The van der Waals surface area contributed by atoms with E-state index >= 15 is 0 Å². The van der Waals surface area contributed by atoms with Gasteiger partial charge in [0.05, 0.1) is 0 Å². The summed E-state index contributed by atoms with van der Waals surface area (Å²) >= 11 is 0. The zero-order valence-corrected chi connectivity index (χ0v) is 11.0. The minimum absolute atomic E-state index is 0.0458. The number of halogens is 3. The van der Waals surface area contributed by atoms with Crippen LogP contribution in [0.2, 0.25) is 0 Å². The van der Waals surface area contributed by atoms with Crippen LogP contribution in [-0.4, -0.2) is 25.4 Å². The highest BCUT2D eigenvalue weighted by Crippen LogP contribution is 2.15. The summed E-state index contributed by atoms with van der Waals surface area (Å²) in [6.07, 6.45) is -2.30. The molecule has 108 valence electrons. The molecular weight excluding hydrogens is 255 g/mol. The Balaban J connectivity index is 2.18. The highest BCUT2D eigenvalue weighted by molar-refractivity contribution is 5.26. The van der Waals surface area contributed by atoms with Crippen LogP contribution in [0.15, 0.2) is 24.3 Å². The van der Waals surface area contributed by atoms with E-state index in [1.54, 1.807) is 0 Å². The number of aryl methyl sites for hydroxylation is 1. The van der Waals surface area contributed by atoms with Gasteiger partial charge in [-0.3, -0.25) is 0 Å². The van der Waals surface area contributed by atoms with Gasteiger partial charge in [0.2, 0.25) is 0 Å². The Labute approximate surface area is 111 Å². The molecule has 5 heteroatoms. The minimum Gasteiger partial charge on any atom is -0.372 e. The fourth-order valence-corrected chi connectivity index (χ4v) is 1.86. The average Bonchev–Trinajstić information content (AvgIpc) is 2.30. The molecule has 1 aromatic carbocycles. The van der Waals surface area contributed by atoms with E-state index in [4.69, 9.17) is 5.73 Å². The van der Waals surface area contributed by atoms with Crippen LogP contribution in [0.3, 0.4) is 0 Å². The normalized spacial score (nSPS) is 13.5. The Hall–Kier alpha value is -1.07. The first-order valence-corrected chi connectivity index (χ1v) is 6.33. The van der Waals surface area contributed by atoms with E-state index in [2.05, 4.69) is 4.74 Å². The number of benzene rings is 1. The second kappa shape index (κ2) is 7.50. The van der Waals surface area contributed by atoms with Crippen molar-refractivity contribution >= 4 is 0 Å². The van der Waals surface area contributed by atoms with Crippen LogP contribution in [-0.2, 0) is 11.2 Å². The molecule has 0 bridgehead atoms. The highest BCUT2D eigenvalue weighted by atomic mass is 19.4. The van der Waals surface area contributed by atoms with Crippen molar-refractivity contribution < 1.29 is 17.9 Å². The SMILES string of the molecule is Cc1ccccc1CC(N)CCCOCC(F)(F)F. The second-order valence-corrected chi connectivity index (χ2v) is 4.70. The molecule has 1 rings (SSSR count). The summed E-state index contributed by atoms with van der Waals surface area (Å²) < 4.78 is 40.0. The van der Waals surface area contributed by atoms with Gasteiger partial charge >= 0.3 is 6.18 Å². The Morgan fingerprint density at radius 3 is 2.58 bits per heavy atom. The third-order valence-corrected chi connectivity index (χ3v) is 2.87. The summed E-state index contributed by atoms with van der Waals surface area (Å²) in [6, 6.07) is 7.93. The molecule has 0 amide bonds. The first-order valence-electron chi connectivity index (χ1n) is 6.33. The van der Waals surface area contributed by atoms with Gasteiger partial charge in [0.15, 0.2) is 0 Å². The number of hydrogen-bond donors (Lipinski definition) is 1. The fraction of sp³-hybridized carbons (Fsp3) is 0.571. The molecule has 0 aromatic heterocycles. The summed E-state index contributed by atoms with van der Waals surface area (Å²) in [5, 5.41) is 0. The van der Waals surface area contributed by atoms with E-state index < -0.39 is 12.8 Å². The number of nitrogens with two attached hydrogens (primary N) is 1. The quantitative estimate of drug-likeness (QED) is 0.775. The van der Waals surface area contributed by atoms with Crippen LogP contribution in [0, 0.1) is 6.92 Å². The van der Waals surface area contributed by atoms with Gasteiger partial charge in [-0.15, -0.1) is 0 Å². The number of alkyl halides is 3. The van der Waals surface area contributed by atoms with E-state index in [-0.39, 0.29) is 12.6 Å². The summed E-state index contributed by atoms with van der Waals surface area (Å²) in [4.78, 5) is 0. The van der Waals surface area contributed by atoms with Crippen molar-refractivity contribution in [3.63, 3.8) is 0 Å². The number of hydrogen-bond acceptors (Lipinski definition) is 2. The van der Waals surface area contributed by atoms with Gasteiger partial charge in [-0.2, -0.15) is 13.2 Å². The van der Waals surface area contributed by atoms with E-state index in [1.165, 1.54) is 11.1 Å². The largest absolute Gasteiger partial charge is 0.411 e. The van der Waals surface area contributed by atoms with E-state index in [0.717, 1.165) is 6.42 Å². The predicted molar refractivity (Wildman–Crippen MR) is 69.0 cm³/mol. The molecule has 0 aliphatic rings. The minimum atomic E-state index is -4.25. The first kappa shape index (κ1) is 16.0. The monoisotopic (exact) mass is 275 g/mol. The zero-order valence-electron chi connectivity index (χ0n) is 11.0. The predicted octanol–water partition coefficient (Wildman–Crippen LogP) is 3.22. The maximum absolute atomic E-state index is 11.8. The molecule has 0 fully saturated rings. The summed E-state index contributed by atoms with van der Waals surface area (Å²) in [6.45, 7) is 0.940. The molecule has 1 atom stereocenters. The molecule has 0 aliphatic heterocycles. The third-order valence-electron chi connectivity index (χ3n) is 2.87. The maximum atomic E-state index is 11.8. The molecule has 0 saturated carbocycles. The van der Waals surface area contributed by atoms with Gasteiger partial charge in [-0.05, 0) is 37.3 Å². The van der Waals surface area contributed by atoms with Crippen LogP contribution in [0.4, 0.5) is 13.2 Å². The molecule has 1 aromatic rings. The third kappa shape index (κ3) is 7.18. The van der Waals surface area contributed by atoms with Gasteiger partial charge in [-0.25, -0.2) is 0 Å². The maximum Gasteiger partial charge on any atom is 0.411 e. The lowest BCUT2D eigenvalue weighted by Crippen LogP contribution is -2.24. The van der Waals surface area contributed by atoms with Crippen molar-refractivity contribution in [1.82, 2.24) is 0 Å². The standard InChI is InChI=1S/C14H20F3NO/c1-11-5-2-3-6-12(11)9-13(18)7-4-8-19-10-14(15,16)17/h2-3,5-6,13H,4,7-10,18H2,1H3. The van der Waals surface area contributed by atoms with Gasteiger partial charge in [-0.1, -0.05) is 24.3 Å². The fourth-order valence-electron chi connectivity index (χ4n) is 1.86. The van der Waals surface area contributed by atoms with Crippen LogP contribution in [0.25, 0.3) is 0 Å². The van der Waals surface area contributed by atoms with Crippen molar-refractivity contribution in [1.29, 1.82) is 0 Å². The lowest BCUT2D eigenvalue weighted by Gasteiger charge is -2.13. The Kier molecular flexibility index (Phi) is 6.31. The summed E-state index contributed by atoms with van der Waals surface area (Å²) in [5.41, 5.74) is 8.34. The molecule has 2 N–H and O–H groups in total. The molecule has 1 unspecified atom stereocenters. The molecule has 2 nitrogen and oxygen atoms in total. The summed E-state index contributed by atoms with van der Waals surface area (Å²) in [7, 11) is 0. The molecule has 0 aliphatic carbocycles. The topological polar surface area (TPSA) is 35.2 Å². The molecule has 19 heavy (non-hydrogen) atoms. The lowest BCUT2D eigenvalue weighted by molar-refractivity contribution is -0.174. The van der Waals surface area contributed by atoms with E-state index in [9.17, 15) is 13.2 Å². The van der Waals surface area contributed by atoms with Crippen LogP contribution < -0.4 is 5.73 Å². The van der Waals surface area contributed by atoms with Gasteiger partial charge < -0.3 is 10.5 Å². The van der Waals surface area contributed by atoms with Crippen molar-refractivity contribution in [2.45, 2.75) is 38.4 Å². The van der Waals surface area contributed by atoms with Gasteiger partial charge in [0, 0.05) is 12.6 Å². The smallest absolute Gasteiger partial charge is 0.372 e. The molecule has 0 heterocycles. The van der Waals surface area contributed by atoms with Crippen molar-refractivity contribution in [2.75, 3.05) is 13.2 Å². The van der Waals surface area contributed by atoms with Crippen molar-refractivity contribution in [2.24, 2.45) is 5.73 Å². The molecule has 0 radical (unpaired) electrons. The van der Waals surface area contributed by atoms with Crippen molar-refractivity contribution in [3.8, 4) is 0 Å². The Morgan fingerprint density at radius 2 is 1.95 bits per heavy atom. The number of rotatable bonds is 7. The Bertz CT molecular complexity index is 379. The second-order valence-electron chi connectivity index (χ2n) is 4.70. The highest BCUT2D eigenvalue weighted by Gasteiger charge is 2.27. The first-order chi connectivity index (χ1) is 8.88. The van der Waals surface area contributed by atoms with Gasteiger partial charge in [0.25, 0.3) is 0 Å². The van der Waals surface area contributed by atoms with Crippen LogP contribution in [0.5, 0.6) is 0 Å². The molecule has 0 saturated heterocycles. The number of ether oxygens (including phenoxy) is 1. The lowest BCUT2D eigenvalue weighted by atomic mass is 9.99. The van der Waals surface area contributed by atoms with E-state index in [1.807, 2.05) is 31.2 Å². The summed E-state index contributed by atoms with van der Waals surface area (Å²) in [5.74, 6) is 0. The molecule has 0 spiro atoms. The Morgan fingerprint density at radius 1 is 1.26 bits per heavy atom.